The quantitative estimate of drug-likeness (QED) is 0.322. The van der Waals surface area contributed by atoms with Crippen molar-refractivity contribution in [2.45, 2.75) is 64.5 Å². The summed E-state index contributed by atoms with van der Waals surface area (Å²) < 4.78 is 1.52. The molecule has 0 saturated carbocycles. The van der Waals surface area contributed by atoms with Crippen molar-refractivity contribution >= 4 is 23.2 Å². The minimum atomic E-state index is -0.827. The van der Waals surface area contributed by atoms with Crippen LogP contribution in [0.1, 0.15) is 68.4 Å². The number of hydrogen-bond donors (Lipinski definition) is 3. The first kappa shape index (κ1) is 25.2. The Morgan fingerprint density at radius 3 is 2.49 bits per heavy atom. The zero-order valence-corrected chi connectivity index (χ0v) is 22.3. The lowest BCUT2D eigenvalue weighted by atomic mass is 9.83. The van der Waals surface area contributed by atoms with Crippen LogP contribution < -0.4 is 5.73 Å². The van der Waals surface area contributed by atoms with E-state index in [0.29, 0.717) is 41.3 Å². The molecule has 0 spiro atoms. The number of aromatic amines is 1. The third kappa shape index (κ3) is 4.08. The molecule has 4 N–H and O–H groups in total. The van der Waals surface area contributed by atoms with Crippen LogP contribution in [0.15, 0.2) is 36.9 Å². The normalized spacial score (nSPS) is 21.0. The lowest BCUT2D eigenvalue weighted by Crippen LogP contribution is -2.52. The second-order valence-electron chi connectivity index (χ2n) is 11.3. The average molecular weight is 529 g/mol. The molecule has 3 atom stereocenters. The van der Waals surface area contributed by atoms with E-state index in [1.807, 2.05) is 17.0 Å². The molecule has 1 amide bonds. The van der Waals surface area contributed by atoms with Crippen molar-refractivity contribution in [3.8, 4) is 22.6 Å². The van der Waals surface area contributed by atoms with E-state index in [4.69, 9.17) is 10.7 Å². The van der Waals surface area contributed by atoms with Gasteiger partial charge in [-0.3, -0.25) is 14.6 Å². The molecule has 2 aliphatic rings. The number of nitrogens with two attached hydrogens (primary N) is 1. The highest BCUT2D eigenvalue weighted by Gasteiger charge is 2.48. The van der Waals surface area contributed by atoms with Gasteiger partial charge in [-0.05, 0) is 52.5 Å². The van der Waals surface area contributed by atoms with Gasteiger partial charge in [-0.15, -0.1) is 0 Å². The molecule has 2 aliphatic heterocycles. The number of aliphatic hydroxyl groups is 1. The summed E-state index contributed by atoms with van der Waals surface area (Å²) in [5, 5.41) is 14.2. The zero-order chi connectivity index (χ0) is 27.5. The van der Waals surface area contributed by atoms with Crippen LogP contribution in [-0.2, 0) is 4.79 Å². The summed E-state index contributed by atoms with van der Waals surface area (Å²) in [5.41, 5.74) is 9.65. The molecule has 11 nitrogen and oxygen atoms in total. The second-order valence-corrected chi connectivity index (χ2v) is 11.3. The maximum absolute atomic E-state index is 13.3. The molecule has 4 aromatic heterocycles. The first-order valence-corrected chi connectivity index (χ1v) is 13.3. The molecule has 39 heavy (non-hydrogen) atoms. The van der Waals surface area contributed by atoms with Crippen LogP contribution in [0.4, 0.5) is 5.82 Å². The van der Waals surface area contributed by atoms with E-state index in [2.05, 4.69) is 20.1 Å². The Kier molecular flexibility index (Phi) is 5.98. The van der Waals surface area contributed by atoms with Crippen molar-refractivity contribution in [1.29, 1.82) is 0 Å². The van der Waals surface area contributed by atoms with Gasteiger partial charge in [0.25, 0.3) is 0 Å². The summed E-state index contributed by atoms with van der Waals surface area (Å²) in [6, 6.07) is 3.89. The Labute approximate surface area is 225 Å². The minimum Gasteiger partial charge on any atom is -0.395 e. The van der Waals surface area contributed by atoms with Crippen molar-refractivity contribution in [3.63, 3.8) is 0 Å². The van der Waals surface area contributed by atoms with E-state index in [9.17, 15) is 14.7 Å². The van der Waals surface area contributed by atoms with E-state index >= 15 is 0 Å². The monoisotopic (exact) mass is 528 g/mol. The van der Waals surface area contributed by atoms with Crippen molar-refractivity contribution in [3.05, 3.63) is 48.2 Å². The van der Waals surface area contributed by atoms with Gasteiger partial charge in [0.1, 0.15) is 11.5 Å². The summed E-state index contributed by atoms with van der Waals surface area (Å²) in [4.78, 5) is 45.0. The molecule has 202 valence electrons. The number of nitrogen functional groups attached to an aromatic ring is 1. The van der Waals surface area contributed by atoms with Crippen molar-refractivity contribution in [1.82, 2.24) is 34.4 Å². The Hall–Kier alpha value is -4.12. The number of H-pyrrole nitrogens is 1. The number of Topliss-reactive ketones (excluding diaryl/α,β-unsaturated/α-hetero) is 1. The van der Waals surface area contributed by atoms with Crippen molar-refractivity contribution in [2.75, 3.05) is 12.3 Å². The Balaban J connectivity index is 1.39. The van der Waals surface area contributed by atoms with Crippen LogP contribution in [0, 0.1) is 5.41 Å². The molecule has 6 heterocycles. The first-order chi connectivity index (χ1) is 18.7. The summed E-state index contributed by atoms with van der Waals surface area (Å²) in [6.45, 7) is 4.86. The number of amides is 1. The van der Waals surface area contributed by atoms with Crippen LogP contribution in [0.2, 0.25) is 0 Å². The van der Waals surface area contributed by atoms with Gasteiger partial charge < -0.3 is 20.7 Å². The van der Waals surface area contributed by atoms with E-state index < -0.39 is 5.41 Å². The van der Waals surface area contributed by atoms with Crippen LogP contribution in [0.5, 0.6) is 0 Å². The number of carbonyl (C=O) groups excluding carboxylic acids is 2. The second kappa shape index (κ2) is 9.26. The number of pyridine rings is 1. The van der Waals surface area contributed by atoms with Gasteiger partial charge in [-0.25, -0.2) is 9.97 Å². The van der Waals surface area contributed by atoms with Gasteiger partial charge in [0.15, 0.2) is 17.3 Å². The van der Waals surface area contributed by atoms with Gasteiger partial charge >= 0.3 is 0 Å². The van der Waals surface area contributed by atoms with E-state index in [-0.39, 0.29) is 42.1 Å². The number of aromatic nitrogens is 6. The van der Waals surface area contributed by atoms with Gasteiger partial charge in [0.2, 0.25) is 5.91 Å². The highest BCUT2D eigenvalue weighted by molar-refractivity contribution is 6.00. The fourth-order valence-corrected chi connectivity index (χ4v) is 6.14. The fraction of sp³-hybridized carbons (Fsp3) is 0.429. The molecular weight excluding hydrogens is 496 g/mol. The standard InChI is InChI=1S/C28H32N8O3/c1-15(38)22-23(17-10-18-5-6-19(11-17)35(18)27(39)28(2,3)14-37)34-26-20(13-33-36(26)24(22)29)16-4-7-21(32-12-16)25-30-8-9-31-25/h4,7-9,12-13,17-19,37H,5-6,10-11,14,29H2,1-3H3,(H,30,31)/t17-,18-,19+. The number of piperidine rings is 1. The van der Waals surface area contributed by atoms with Gasteiger partial charge in [-0.2, -0.15) is 9.61 Å². The van der Waals surface area contributed by atoms with Gasteiger partial charge in [0.05, 0.1) is 29.5 Å². The number of hydrogen-bond acceptors (Lipinski definition) is 8. The maximum Gasteiger partial charge on any atom is 0.231 e. The number of rotatable bonds is 6. The van der Waals surface area contributed by atoms with Crippen LogP contribution >= 0.6 is 0 Å². The lowest BCUT2D eigenvalue weighted by Gasteiger charge is -2.42. The van der Waals surface area contributed by atoms with Crippen LogP contribution in [0.25, 0.3) is 28.3 Å². The number of aliphatic hydroxyl groups excluding tert-OH is 1. The highest BCUT2D eigenvalue weighted by atomic mass is 16.3. The molecule has 2 fully saturated rings. The molecule has 0 aromatic carbocycles. The van der Waals surface area contributed by atoms with Gasteiger partial charge in [-0.1, -0.05) is 6.07 Å². The molecule has 11 heteroatoms. The van der Waals surface area contributed by atoms with Gasteiger partial charge in [0, 0.05) is 47.7 Å². The predicted molar refractivity (Wildman–Crippen MR) is 145 cm³/mol. The summed E-state index contributed by atoms with van der Waals surface area (Å²) >= 11 is 0. The molecule has 0 unspecified atom stereocenters. The summed E-state index contributed by atoms with van der Waals surface area (Å²) in [6.07, 6.45) is 10.0. The van der Waals surface area contributed by atoms with E-state index in [0.717, 1.165) is 24.0 Å². The molecule has 0 radical (unpaired) electrons. The Morgan fingerprint density at radius 2 is 1.90 bits per heavy atom. The number of anilines is 1. The lowest BCUT2D eigenvalue weighted by molar-refractivity contribution is -0.147. The number of nitrogens with zero attached hydrogens (tertiary/aromatic N) is 6. The third-order valence-corrected chi connectivity index (χ3v) is 8.21. The number of fused-ring (bicyclic) bond motifs is 3. The topological polar surface area (TPSA) is 155 Å². The molecule has 2 saturated heterocycles. The number of imidazole rings is 1. The highest BCUT2D eigenvalue weighted by Crippen LogP contribution is 2.46. The third-order valence-electron chi connectivity index (χ3n) is 8.21. The smallest absolute Gasteiger partial charge is 0.231 e. The average Bonchev–Trinajstić information content (AvgIpc) is 3.66. The van der Waals surface area contributed by atoms with Crippen molar-refractivity contribution in [2.24, 2.45) is 5.41 Å². The fourth-order valence-electron chi connectivity index (χ4n) is 6.14. The molecule has 0 aliphatic carbocycles. The first-order valence-electron chi connectivity index (χ1n) is 13.3. The summed E-state index contributed by atoms with van der Waals surface area (Å²) in [7, 11) is 0. The van der Waals surface area contributed by atoms with Crippen LogP contribution in [-0.4, -0.2) is 69.9 Å². The number of ketones is 1. The number of nitrogens with one attached hydrogen (secondary N) is 1. The van der Waals surface area contributed by atoms with Crippen molar-refractivity contribution < 1.29 is 14.7 Å². The van der Waals surface area contributed by atoms with E-state index in [1.165, 1.54) is 11.4 Å². The Morgan fingerprint density at radius 1 is 1.15 bits per heavy atom. The molecule has 6 rings (SSSR count). The number of carbonyl (C=O) groups is 2. The predicted octanol–water partition coefficient (Wildman–Crippen LogP) is 3.22. The Bertz CT molecular complexity index is 1540. The minimum absolute atomic E-state index is 0.0192. The summed E-state index contributed by atoms with van der Waals surface area (Å²) in [5.74, 6) is 0.734. The molecular formula is C28H32N8O3. The maximum atomic E-state index is 13.3. The van der Waals surface area contributed by atoms with Crippen LogP contribution in [0.3, 0.4) is 0 Å². The zero-order valence-electron chi connectivity index (χ0n) is 22.3. The largest absolute Gasteiger partial charge is 0.395 e. The van der Waals surface area contributed by atoms with E-state index in [1.54, 1.807) is 38.6 Å². The molecule has 2 bridgehead atoms. The molecule has 4 aromatic rings. The SMILES string of the molecule is CC(=O)c1c([C@@H]2C[C@H]3CC[C@@H](C2)N3C(=O)C(C)(C)CO)nc2c(-c3ccc(-c4ncc[nH]4)nc3)cnn2c1N.